The number of fused-ring (bicyclic) bond motifs is 2. The van der Waals surface area contributed by atoms with Crippen molar-refractivity contribution in [3.63, 3.8) is 0 Å². The van der Waals surface area contributed by atoms with E-state index in [-0.39, 0.29) is 17.1 Å². The van der Waals surface area contributed by atoms with Gasteiger partial charge in [-0.1, -0.05) is 31.0 Å². The van der Waals surface area contributed by atoms with Crippen molar-refractivity contribution in [3.05, 3.63) is 69.1 Å². The second-order valence-corrected chi connectivity index (χ2v) is 8.18. The first kappa shape index (κ1) is 22.9. The molecule has 0 saturated carbocycles. The smallest absolute Gasteiger partial charge is 0.290 e. The van der Waals surface area contributed by atoms with Crippen LogP contribution in [-0.4, -0.2) is 44.8 Å². The minimum Gasteiger partial charge on any atom is -0.493 e. The predicted molar refractivity (Wildman–Crippen MR) is 125 cm³/mol. The van der Waals surface area contributed by atoms with Gasteiger partial charge in [0.15, 0.2) is 16.9 Å². The van der Waals surface area contributed by atoms with Gasteiger partial charge in [-0.05, 0) is 43.2 Å². The highest BCUT2D eigenvalue weighted by molar-refractivity contribution is 5.99. The molecule has 0 unspecified atom stereocenters. The van der Waals surface area contributed by atoms with Crippen LogP contribution in [0.1, 0.15) is 53.1 Å². The van der Waals surface area contributed by atoms with Crippen molar-refractivity contribution in [2.24, 2.45) is 0 Å². The van der Waals surface area contributed by atoms with Gasteiger partial charge >= 0.3 is 0 Å². The highest BCUT2D eigenvalue weighted by Crippen LogP contribution is 2.40. The van der Waals surface area contributed by atoms with E-state index in [9.17, 15) is 9.59 Å². The second-order valence-electron chi connectivity index (χ2n) is 8.18. The molecule has 1 aliphatic rings. The molecule has 0 bridgehead atoms. The van der Waals surface area contributed by atoms with Gasteiger partial charge in [-0.15, -0.1) is 0 Å². The van der Waals surface area contributed by atoms with Gasteiger partial charge in [-0.25, -0.2) is 0 Å². The summed E-state index contributed by atoms with van der Waals surface area (Å²) in [6, 6.07) is 10.3. The Kier molecular flexibility index (Phi) is 6.70. The average Bonchev–Trinajstić information content (AvgIpc) is 3.10. The summed E-state index contributed by atoms with van der Waals surface area (Å²) in [7, 11) is 3.15. The standard InChI is InChI=1S/C26H29NO6/c1-5-6-12-32-20-10-8-17(15-21(20)31-4)23-22-24(28)18-14-16(2)7-9-19(18)33-25(22)26(29)27(23)11-13-30-3/h7-10,14-15,23H,5-6,11-13H2,1-4H3/t23-/m0/s1. The largest absolute Gasteiger partial charge is 0.493 e. The number of hydrogen-bond acceptors (Lipinski definition) is 6. The Morgan fingerprint density at radius 1 is 1.03 bits per heavy atom. The topological polar surface area (TPSA) is 78.2 Å². The highest BCUT2D eigenvalue weighted by atomic mass is 16.5. The minimum atomic E-state index is -0.609. The van der Waals surface area contributed by atoms with Crippen molar-refractivity contribution in [2.45, 2.75) is 32.7 Å². The summed E-state index contributed by atoms with van der Waals surface area (Å²) in [5, 5.41) is 0.464. The zero-order valence-electron chi connectivity index (χ0n) is 19.5. The summed E-state index contributed by atoms with van der Waals surface area (Å²) < 4.78 is 22.6. The van der Waals surface area contributed by atoms with Gasteiger partial charge in [0.25, 0.3) is 5.91 Å². The number of amides is 1. The van der Waals surface area contributed by atoms with E-state index in [0.29, 0.717) is 47.8 Å². The third kappa shape index (κ3) is 4.20. The normalized spacial score (nSPS) is 15.2. The number of rotatable bonds is 9. The third-order valence-corrected chi connectivity index (χ3v) is 5.92. The molecule has 0 saturated heterocycles. The van der Waals surface area contributed by atoms with E-state index in [1.165, 1.54) is 0 Å². The van der Waals surface area contributed by atoms with Gasteiger partial charge in [0.05, 0.1) is 37.3 Å². The number of hydrogen-bond donors (Lipinski definition) is 0. The SMILES string of the molecule is CCCCOc1ccc([C@H]2c3c(oc4ccc(C)cc4c3=O)C(=O)N2CCOC)cc1OC. The summed E-state index contributed by atoms with van der Waals surface area (Å²) in [5.41, 5.74) is 2.24. The molecule has 2 aromatic carbocycles. The Hall–Kier alpha value is -3.32. The summed E-state index contributed by atoms with van der Waals surface area (Å²) in [5.74, 6) is 0.939. The van der Waals surface area contributed by atoms with E-state index in [0.717, 1.165) is 24.0 Å². The zero-order chi connectivity index (χ0) is 23.5. The first-order valence-electron chi connectivity index (χ1n) is 11.2. The molecule has 1 aromatic heterocycles. The molecule has 1 amide bonds. The van der Waals surface area contributed by atoms with Crippen LogP contribution in [0.4, 0.5) is 0 Å². The maximum Gasteiger partial charge on any atom is 0.290 e. The lowest BCUT2D eigenvalue weighted by atomic mass is 9.97. The fraction of sp³-hybridized carbons (Fsp3) is 0.385. The Labute approximate surface area is 192 Å². The van der Waals surface area contributed by atoms with Gasteiger partial charge in [0.1, 0.15) is 5.58 Å². The molecule has 3 aromatic rings. The predicted octanol–water partition coefficient (Wildman–Crippen LogP) is 4.48. The number of carbonyl (C=O) groups is 1. The van der Waals surface area contributed by atoms with E-state index in [2.05, 4.69) is 6.92 Å². The van der Waals surface area contributed by atoms with Gasteiger partial charge in [-0.2, -0.15) is 0 Å². The van der Waals surface area contributed by atoms with Crippen molar-refractivity contribution < 1.29 is 23.4 Å². The van der Waals surface area contributed by atoms with Crippen LogP contribution in [0.2, 0.25) is 0 Å². The van der Waals surface area contributed by atoms with Crippen LogP contribution >= 0.6 is 0 Å². The third-order valence-electron chi connectivity index (χ3n) is 5.92. The van der Waals surface area contributed by atoms with Crippen LogP contribution in [0.25, 0.3) is 11.0 Å². The Morgan fingerprint density at radius 2 is 1.85 bits per heavy atom. The number of methoxy groups -OCH3 is 2. The fourth-order valence-electron chi connectivity index (χ4n) is 4.20. The van der Waals surface area contributed by atoms with Crippen molar-refractivity contribution in [1.82, 2.24) is 4.90 Å². The van der Waals surface area contributed by atoms with Crippen LogP contribution in [0.5, 0.6) is 11.5 Å². The number of benzene rings is 2. The lowest BCUT2D eigenvalue weighted by molar-refractivity contribution is 0.0663. The molecule has 0 N–H and O–H groups in total. The fourth-order valence-corrected chi connectivity index (χ4v) is 4.20. The van der Waals surface area contributed by atoms with Crippen LogP contribution in [0.3, 0.4) is 0 Å². The Balaban J connectivity index is 1.85. The van der Waals surface area contributed by atoms with Crippen LogP contribution in [0, 0.1) is 6.92 Å². The van der Waals surface area contributed by atoms with E-state index < -0.39 is 6.04 Å². The molecule has 174 valence electrons. The first-order chi connectivity index (χ1) is 16.0. The zero-order valence-corrected chi connectivity index (χ0v) is 19.5. The van der Waals surface area contributed by atoms with Crippen LogP contribution in [-0.2, 0) is 4.74 Å². The molecule has 0 fully saturated rings. The molecule has 0 aliphatic carbocycles. The van der Waals surface area contributed by atoms with E-state index in [1.807, 2.05) is 31.2 Å². The molecule has 2 heterocycles. The van der Waals surface area contributed by atoms with Crippen molar-refractivity contribution in [1.29, 1.82) is 0 Å². The second kappa shape index (κ2) is 9.67. The molecule has 1 atom stereocenters. The molecule has 33 heavy (non-hydrogen) atoms. The Morgan fingerprint density at radius 3 is 2.58 bits per heavy atom. The Bertz CT molecular complexity index is 1230. The molecule has 7 heteroatoms. The summed E-state index contributed by atoms with van der Waals surface area (Å²) >= 11 is 0. The number of nitrogens with zero attached hydrogens (tertiary/aromatic N) is 1. The molecular weight excluding hydrogens is 422 g/mol. The molecule has 4 rings (SSSR count). The minimum absolute atomic E-state index is 0.0831. The van der Waals surface area contributed by atoms with Crippen molar-refractivity contribution in [3.8, 4) is 11.5 Å². The number of aryl methyl sites for hydroxylation is 1. The van der Waals surface area contributed by atoms with E-state index in [4.69, 9.17) is 18.6 Å². The molecule has 7 nitrogen and oxygen atoms in total. The maximum absolute atomic E-state index is 13.6. The van der Waals surface area contributed by atoms with E-state index in [1.54, 1.807) is 31.3 Å². The average molecular weight is 452 g/mol. The lowest BCUT2D eigenvalue weighted by Crippen LogP contribution is -2.32. The first-order valence-corrected chi connectivity index (χ1v) is 11.2. The number of ether oxygens (including phenoxy) is 3. The summed E-state index contributed by atoms with van der Waals surface area (Å²) in [6.07, 6.45) is 1.97. The van der Waals surface area contributed by atoms with Gasteiger partial charge in [-0.3, -0.25) is 9.59 Å². The highest BCUT2D eigenvalue weighted by Gasteiger charge is 2.42. The van der Waals surface area contributed by atoms with Gasteiger partial charge in [0, 0.05) is 13.7 Å². The van der Waals surface area contributed by atoms with Gasteiger partial charge in [0.2, 0.25) is 5.76 Å². The van der Waals surface area contributed by atoms with Crippen LogP contribution in [0.15, 0.2) is 45.6 Å². The monoisotopic (exact) mass is 451 g/mol. The molecule has 0 spiro atoms. The van der Waals surface area contributed by atoms with E-state index >= 15 is 0 Å². The molecular formula is C26H29NO6. The summed E-state index contributed by atoms with van der Waals surface area (Å²) in [4.78, 5) is 28.5. The van der Waals surface area contributed by atoms with Crippen molar-refractivity contribution >= 4 is 16.9 Å². The quantitative estimate of drug-likeness (QED) is 0.447. The van der Waals surface area contributed by atoms with Gasteiger partial charge < -0.3 is 23.5 Å². The number of unbranched alkanes of at least 4 members (excludes halogenated alkanes) is 1. The maximum atomic E-state index is 13.6. The molecule has 0 radical (unpaired) electrons. The lowest BCUT2D eigenvalue weighted by Gasteiger charge is -2.25. The van der Waals surface area contributed by atoms with Crippen LogP contribution < -0.4 is 14.9 Å². The number of carbonyl (C=O) groups excluding carboxylic acids is 1. The summed E-state index contributed by atoms with van der Waals surface area (Å²) in [6.45, 7) is 5.26. The molecule has 1 aliphatic heterocycles. The van der Waals surface area contributed by atoms with Crippen molar-refractivity contribution in [2.75, 3.05) is 34.0 Å².